The van der Waals surface area contributed by atoms with Gasteiger partial charge in [0.2, 0.25) is 11.8 Å². The summed E-state index contributed by atoms with van der Waals surface area (Å²) in [5.41, 5.74) is 0.394. The SMILES string of the molecule is COC(=O)N[C@@H](CC/C=C/C(=O)N(C)C)C(=O)Nc1cccn(Cc2cc3cc(F)cc(CC(C)C)c3n2C(=O)O)c1=O. The number of allylic oxidation sites excluding steroid dienone is 1. The minimum absolute atomic E-state index is 0.104. The standard InChI is InChI=1S/C30H36FN5O7/c1-18(2)13-19-14-21(31)15-20-16-22(36(26(19)20)30(41)42)17-35-12-8-10-24(28(35)39)32-27(38)23(33-29(40)43-5)9-6-7-11-25(37)34(3)4/h7-8,10-12,14-16,18,23H,6,9,13,17H2,1-5H3,(H,32,38)(H,33,40)(H,41,42)/b11-7+/t23-/m0/s1. The lowest BCUT2D eigenvalue weighted by Gasteiger charge is -2.17. The Labute approximate surface area is 247 Å². The van der Waals surface area contributed by atoms with Gasteiger partial charge in [0.25, 0.3) is 5.56 Å². The summed E-state index contributed by atoms with van der Waals surface area (Å²) in [7, 11) is 4.34. The topological polar surface area (TPSA) is 152 Å². The van der Waals surface area contributed by atoms with E-state index in [0.29, 0.717) is 22.9 Å². The third kappa shape index (κ3) is 8.31. The van der Waals surface area contributed by atoms with E-state index in [9.17, 15) is 33.5 Å². The molecular weight excluding hydrogens is 561 g/mol. The van der Waals surface area contributed by atoms with Crippen LogP contribution in [0.3, 0.4) is 0 Å². The van der Waals surface area contributed by atoms with Crippen LogP contribution in [0.15, 0.2) is 53.5 Å². The number of pyridine rings is 1. The number of amides is 3. The van der Waals surface area contributed by atoms with Crippen molar-refractivity contribution in [1.29, 1.82) is 0 Å². The maximum absolute atomic E-state index is 14.4. The van der Waals surface area contributed by atoms with Crippen molar-refractivity contribution < 1.29 is 33.4 Å². The second kappa shape index (κ2) is 14.3. The number of likely N-dealkylation sites (N-methyl/N-ethyl adjacent to an activating group) is 1. The van der Waals surface area contributed by atoms with Crippen molar-refractivity contribution in [1.82, 2.24) is 19.4 Å². The molecule has 0 bridgehead atoms. The number of hydrogen-bond acceptors (Lipinski definition) is 6. The van der Waals surface area contributed by atoms with Crippen LogP contribution in [-0.2, 0) is 27.3 Å². The average Bonchev–Trinajstić information content (AvgIpc) is 3.29. The van der Waals surface area contributed by atoms with Gasteiger partial charge in [-0.05, 0) is 67.2 Å². The van der Waals surface area contributed by atoms with Crippen molar-refractivity contribution in [3.05, 3.63) is 76.1 Å². The minimum Gasteiger partial charge on any atom is -0.464 e. The second-order valence-corrected chi connectivity index (χ2v) is 10.6. The summed E-state index contributed by atoms with van der Waals surface area (Å²) in [5, 5.41) is 15.4. The Hall–Kier alpha value is -4.94. The number of carbonyl (C=O) groups excluding carboxylic acids is 3. The number of carboxylic acid groups (broad SMARTS) is 1. The molecule has 0 aliphatic carbocycles. The van der Waals surface area contributed by atoms with Gasteiger partial charge < -0.3 is 29.9 Å². The van der Waals surface area contributed by atoms with E-state index in [0.717, 1.165) is 11.7 Å². The van der Waals surface area contributed by atoms with Crippen molar-refractivity contribution in [3.8, 4) is 0 Å². The summed E-state index contributed by atoms with van der Waals surface area (Å²) in [4.78, 5) is 63.8. The van der Waals surface area contributed by atoms with E-state index >= 15 is 0 Å². The molecule has 2 aromatic heterocycles. The number of anilines is 1. The lowest BCUT2D eigenvalue weighted by molar-refractivity contribution is -0.123. The number of rotatable bonds is 11. The highest BCUT2D eigenvalue weighted by Crippen LogP contribution is 2.27. The number of fused-ring (bicyclic) bond motifs is 1. The number of carbonyl (C=O) groups is 4. The molecule has 13 heteroatoms. The maximum Gasteiger partial charge on any atom is 0.416 e. The summed E-state index contributed by atoms with van der Waals surface area (Å²) in [6.07, 6.45) is 3.04. The Morgan fingerprint density at radius 2 is 1.88 bits per heavy atom. The molecule has 0 saturated heterocycles. The highest BCUT2D eigenvalue weighted by atomic mass is 19.1. The van der Waals surface area contributed by atoms with Crippen molar-refractivity contribution in [2.24, 2.45) is 5.92 Å². The summed E-state index contributed by atoms with van der Waals surface area (Å²) >= 11 is 0. The fourth-order valence-electron chi connectivity index (χ4n) is 4.60. The normalized spacial score (nSPS) is 12.0. The summed E-state index contributed by atoms with van der Waals surface area (Å²) in [5.74, 6) is -1.28. The van der Waals surface area contributed by atoms with Gasteiger partial charge >= 0.3 is 12.2 Å². The zero-order valence-corrected chi connectivity index (χ0v) is 24.7. The van der Waals surface area contributed by atoms with Crippen LogP contribution in [0.1, 0.15) is 37.9 Å². The molecule has 0 spiro atoms. The van der Waals surface area contributed by atoms with E-state index in [2.05, 4.69) is 15.4 Å². The van der Waals surface area contributed by atoms with Gasteiger partial charge in [-0.3, -0.25) is 14.4 Å². The molecule has 3 aromatic rings. The first-order valence-corrected chi connectivity index (χ1v) is 13.6. The Balaban J connectivity index is 1.89. The number of aromatic nitrogens is 2. The number of nitrogens with zero attached hydrogens (tertiary/aromatic N) is 3. The largest absolute Gasteiger partial charge is 0.464 e. The zero-order valence-electron chi connectivity index (χ0n) is 24.7. The molecule has 3 amide bonds. The number of methoxy groups -OCH3 is 1. The minimum atomic E-state index is -1.28. The summed E-state index contributed by atoms with van der Waals surface area (Å²) in [6, 6.07) is 5.89. The van der Waals surface area contributed by atoms with Gasteiger partial charge in [-0.1, -0.05) is 19.9 Å². The molecular formula is C30H36FN5O7. The molecule has 2 heterocycles. The molecule has 0 radical (unpaired) electrons. The van der Waals surface area contributed by atoms with Crippen LogP contribution in [0.5, 0.6) is 0 Å². The first kappa shape index (κ1) is 32.6. The molecule has 0 aliphatic heterocycles. The molecule has 230 valence electrons. The molecule has 0 unspecified atom stereocenters. The predicted molar refractivity (Wildman–Crippen MR) is 159 cm³/mol. The van der Waals surface area contributed by atoms with Crippen LogP contribution in [0.4, 0.5) is 19.7 Å². The van der Waals surface area contributed by atoms with Gasteiger partial charge in [-0.2, -0.15) is 0 Å². The van der Waals surface area contributed by atoms with Crippen LogP contribution in [0, 0.1) is 11.7 Å². The van der Waals surface area contributed by atoms with Crippen molar-refractivity contribution in [2.75, 3.05) is 26.5 Å². The number of nitrogens with one attached hydrogen (secondary N) is 2. The second-order valence-electron chi connectivity index (χ2n) is 10.6. The monoisotopic (exact) mass is 597 g/mol. The summed E-state index contributed by atoms with van der Waals surface area (Å²) < 4.78 is 21.3. The quantitative estimate of drug-likeness (QED) is 0.284. The Morgan fingerprint density at radius 3 is 2.51 bits per heavy atom. The fraction of sp³-hybridized carbons (Fsp3) is 0.367. The highest BCUT2D eigenvalue weighted by Gasteiger charge is 2.23. The molecule has 12 nitrogen and oxygen atoms in total. The van der Waals surface area contributed by atoms with E-state index in [1.807, 2.05) is 13.8 Å². The molecule has 0 aliphatic rings. The lowest BCUT2D eigenvalue weighted by Crippen LogP contribution is -2.44. The molecule has 0 fully saturated rings. The van der Waals surface area contributed by atoms with E-state index in [4.69, 9.17) is 0 Å². The third-order valence-corrected chi connectivity index (χ3v) is 6.56. The molecule has 3 N–H and O–H groups in total. The van der Waals surface area contributed by atoms with Gasteiger partial charge in [-0.25, -0.2) is 18.5 Å². The van der Waals surface area contributed by atoms with Gasteiger partial charge in [0.1, 0.15) is 17.5 Å². The van der Waals surface area contributed by atoms with Crippen LogP contribution in [-0.4, -0.2) is 70.4 Å². The molecule has 0 saturated carbocycles. The van der Waals surface area contributed by atoms with Crippen LogP contribution < -0.4 is 16.2 Å². The Bertz CT molecular complexity index is 1610. The number of alkyl carbamates (subject to hydrolysis) is 1. The smallest absolute Gasteiger partial charge is 0.416 e. The number of hydrogen-bond donors (Lipinski definition) is 3. The third-order valence-electron chi connectivity index (χ3n) is 6.56. The lowest BCUT2D eigenvalue weighted by atomic mass is 10.0. The molecule has 43 heavy (non-hydrogen) atoms. The molecule has 3 rings (SSSR count). The van der Waals surface area contributed by atoms with Gasteiger partial charge in [0.05, 0.1) is 24.9 Å². The van der Waals surface area contributed by atoms with E-state index in [-0.39, 0.29) is 42.6 Å². The fourth-order valence-corrected chi connectivity index (χ4v) is 4.60. The predicted octanol–water partition coefficient (Wildman–Crippen LogP) is 3.80. The first-order valence-electron chi connectivity index (χ1n) is 13.6. The van der Waals surface area contributed by atoms with Gasteiger partial charge in [0.15, 0.2) is 0 Å². The number of benzene rings is 1. The summed E-state index contributed by atoms with van der Waals surface area (Å²) in [6.45, 7) is 3.71. The van der Waals surface area contributed by atoms with E-state index in [1.165, 1.54) is 52.1 Å². The Morgan fingerprint density at radius 1 is 1.16 bits per heavy atom. The number of ether oxygens (including phenoxy) is 1. The van der Waals surface area contributed by atoms with Crippen molar-refractivity contribution in [3.63, 3.8) is 0 Å². The first-order chi connectivity index (χ1) is 20.3. The number of halogens is 1. The van der Waals surface area contributed by atoms with Crippen molar-refractivity contribution >= 4 is 40.6 Å². The van der Waals surface area contributed by atoms with Gasteiger partial charge in [-0.15, -0.1) is 0 Å². The van der Waals surface area contributed by atoms with Crippen LogP contribution in [0.25, 0.3) is 10.9 Å². The maximum atomic E-state index is 14.4. The Kier molecular flexibility index (Phi) is 10.8. The molecule has 1 atom stereocenters. The zero-order chi connectivity index (χ0) is 31.8. The van der Waals surface area contributed by atoms with Gasteiger partial charge in [0, 0.05) is 25.7 Å². The molecule has 1 aromatic carbocycles. The van der Waals surface area contributed by atoms with Crippen LogP contribution >= 0.6 is 0 Å². The van der Waals surface area contributed by atoms with Crippen LogP contribution in [0.2, 0.25) is 0 Å². The average molecular weight is 598 g/mol. The highest BCUT2D eigenvalue weighted by molar-refractivity contribution is 5.96. The van der Waals surface area contributed by atoms with E-state index in [1.54, 1.807) is 20.2 Å². The van der Waals surface area contributed by atoms with E-state index < -0.39 is 35.5 Å². The van der Waals surface area contributed by atoms with Crippen molar-refractivity contribution in [2.45, 2.75) is 45.7 Å².